The lowest BCUT2D eigenvalue weighted by molar-refractivity contribution is -0.145. The Morgan fingerprint density at radius 2 is 2.08 bits per heavy atom. The van der Waals surface area contributed by atoms with Crippen LogP contribution in [0.1, 0.15) is 64.0 Å². The Balaban J connectivity index is 1.80. The van der Waals surface area contributed by atoms with Crippen molar-refractivity contribution in [2.45, 2.75) is 65.4 Å². The summed E-state index contributed by atoms with van der Waals surface area (Å²) >= 11 is 0. The minimum atomic E-state index is -0.165. The van der Waals surface area contributed by atoms with Crippen molar-refractivity contribution in [3.05, 3.63) is 34.9 Å². The number of ether oxygens (including phenoxy) is 1. The second-order valence-electron chi connectivity index (χ2n) is 9.13. The first kappa shape index (κ1) is 16.7. The minimum absolute atomic E-state index is 0.100. The number of hydrogen-bond donors (Lipinski definition) is 1. The second kappa shape index (κ2) is 5.12. The van der Waals surface area contributed by atoms with Gasteiger partial charge in [0.25, 0.3) is 0 Å². The summed E-state index contributed by atoms with van der Waals surface area (Å²) < 4.78 is 6.41. The molecular formula is C22H28O3. The van der Waals surface area contributed by atoms with Gasteiger partial charge < -0.3 is 9.84 Å². The van der Waals surface area contributed by atoms with Crippen LogP contribution in [0.5, 0.6) is 11.5 Å². The molecule has 1 aromatic carbocycles. The molecule has 0 aromatic heterocycles. The van der Waals surface area contributed by atoms with Crippen LogP contribution in [0.3, 0.4) is 0 Å². The molecule has 1 heterocycles. The Morgan fingerprint density at radius 3 is 2.76 bits per heavy atom. The van der Waals surface area contributed by atoms with E-state index in [-0.39, 0.29) is 22.7 Å². The number of aromatic hydroxyl groups is 1. The number of aryl methyl sites for hydroxylation is 1. The standard InChI is InChI=1S/C22H28O3/c1-12(2)8-14(23)11-21(4)15-6-7-22(5)19(15)20(21)18-16(24)9-13(3)10-17(18)25-22/h8-10,15,19-20,24H,6-7,11H2,1-5H3/t15-,19+,20+,21-,22+/m1/s1. The number of ketones is 1. The van der Waals surface area contributed by atoms with Crippen LogP contribution < -0.4 is 4.74 Å². The Labute approximate surface area is 150 Å². The van der Waals surface area contributed by atoms with E-state index in [1.165, 1.54) is 0 Å². The van der Waals surface area contributed by atoms with Gasteiger partial charge in [-0.05, 0) is 75.6 Å². The van der Waals surface area contributed by atoms with Gasteiger partial charge in [0.1, 0.15) is 17.1 Å². The maximum Gasteiger partial charge on any atom is 0.156 e. The van der Waals surface area contributed by atoms with Crippen LogP contribution in [0.15, 0.2) is 23.8 Å². The molecule has 2 aliphatic carbocycles. The van der Waals surface area contributed by atoms with Gasteiger partial charge in [-0.1, -0.05) is 12.5 Å². The molecule has 3 nitrogen and oxygen atoms in total. The molecule has 4 rings (SSSR count). The zero-order valence-electron chi connectivity index (χ0n) is 15.8. The van der Waals surface area contributed by atoms with E-state index in [0.717, 1.165) is 35.3 Å². The predicted molar refractivity (Wildman–Crippen MR) is 98.0 cm³/mol. The fourth-order valence-electron chi connectivity index (χ4n) is 6.07. The first-order valence-electron chi connectivity index (χ1n) is 9.36. The average Bonchev–Trinajstić information content (AvgIpc) is 2.79. The van der Waals surface area contributed by atoms with E-state index < -0.39 is 0 Å². The number of allylic oxidation sites excluding steroid dienone is 2. The van der Waals surface area contributed by atoms with Crippen LogP contribution in [0.4, 0.5) is 0 Å². The van der Waals surface area contributed by atoms with Crippen molar-refractivity contribution in [2.24, 2.45) is 17.3 Å². The summed E-state index contributed by atoms with van der Waals surface area (Å²) in [5.41, 5.74) is 2.72. The zero-order chi connectivity index (χ0) is 18.1. The molecule has 2 fully saturated rings. The highest BCUT2D eigenvalue weighted by Crippen LogP contribution is 2.75. The van der Waals surface area contributed by atoms with Crippen molar-refractivity contribution >= 4 is 5.78 Å². The third-order valence-electron chi connectivity index (χ3n) is 6.93. The lowest BCUT2D eigenvalue weighted by Gasteiger charge is -2.63. The molecule has 3 aliphatic rings. The van der Waals surface area contributed by atoms with Crippen molar-refractivity contribution in [2.75, 3.05) is 0 Å². The number of phenols is 1. The topological polar surface area (TPSA) is 46.5 Å². The van der Waals surface area contributed by atoms with Crippen LogP contribution in [0.25, 0.3) is 0 Å². The summed E-state index contributed by atoms with van der Waals surface area (Å²) in [5.74, 6) is 2.44. The molecule has 2 saturated carbocycles. The number of fused-ring (bicyclic) bond motifs is 2. The fraction of sp³-hybridized carbons (Fsp3) is 0.591. The molecule has 3 heteroatoms. The number of carbonyl (C=O) groups excluding carboxylic acids is 1. The van der Waals surface area contributed by atoms with Gasteiger partial charge in [0, 0.05) is 23.8 Å². The Kier molecular flexibility index (Phi) is 3.42. The van der Waals surface area contributed by atoms with Crippen LogP contribution in [0, 0.1) is 24.2 Å². The van der Waals surface area contributed by atoms with Gasteiger partial charge in [0.05, 0.1) is 0 Å². The summed E-state index contributed by atoms with van der Waals surface area (Å²) in [6.45, 7) is 10.4. The van der Waals surface area contributed by atoms with E-state index in [4.69, 9.17) is 4.74 Å². The highest BCUT2D eigenvalue weighted by Gasteiger charge is 2.71. The monoisotopic (exact) mass is 340 g/mol. The van der Waals surface area contributed by atoms with E-state index in [9.17, 15) is 9.90 Å². The molecule has 0 amide bonds. The quantitative estimate of drug-likeness (QED) is 0.796. The lowest BCUT2D eigenvalue weighted by atomic mass is 9.43. The largest absolute Gasteiger partial charge is 0.508 e. The van der Waals surface area contributed by atoms with Gasteiger partial charge in [-0.25, -0.2) is 0 Å². The maximum atomic E-state index is 12.6. The minimum Gasteiger partial charge on any atom is -0.508 e. The van der Waals surface area contributed by atoms with Crippen molar-refractivity contribution in [1.29, 1.82) is 0 Å². The van der Waals surface area contributed by atoms with Gasteiger partial charge in [-0.3, -0.25) is 4.79 Å². The lowest BCUT2D eigenvalue weighted by Crippen LogP contribution is -2.61. The van der Waals surface area contributed by atoms with Gasteiger partial charge in [-0.2, -0.15) is 0 Å². The second-order valence-corrected chi connectivity index (χ2v) is 9.13. The summed E-state index contributed by atoms with van der Waals surface area (Å²) in [5, 5.41) is 10.7. The fourth-order valence-corrected chi connectivity index (χ4v) is 6.07. The van der Waals surface area contributed by atoms with Crippen LogP contribution in [-0.4, -0.2) is 16.5 Å². The van der Waals surface area contributed by atoms with Crippen molar-refractivity contribution < 1.29 is 14.6 Å². The Hall–Kier alpha value is -1.77. The van der Waals surface area contributed by atoms with Gasteiger partial charge in [-0.15, -0.1) is 0 Å². The molecule has 1 aromatic rings. The first-order valence-corrected chi connectivity index (χ1v) is 9.36. The number of phenolic OH excluding ortho intramolecular Hbond substituents is 1. The van der Waals surface area contributed by atoms with Crippen molar-refractivity contribution in [1.82, 2.24) is 0 Å². The average molecular weight is 340 g/mol. The molecule has 1 aliphatic heterocycles. The van der Waals surface area contributed by atoms with Crippen LogP contribution in [0.2, 0.25) is 0 Å². The normalized spacial score (nSPS) is 37.4. The third kappa shape index (κ3) is 2.21. The number of carbonyl (C=O) groups is 1. The summed E-state index contributed by atoms with van der Waals surface area (Å²) in [6, 6.07) is 3.87. The highest BCUT2D eigenvalue weighted by atomic mass is 16.5. The summed E-state index contributed by atoms with van der Waals surface area (Å²) in [7, 11) is 0. The molecule has 0 saturated heterocycles. The smallest absolute Gasteiger partial charge is 0.156 e. The molecule has 0 spiro atoms. The first-order chi connectivity index (χ1) is 11.7. The van der Waals surface area contributed by atoms with Crippen LogP contribution >= 0.6 is 0 Å². The summed E-state index contributed by atoms with van der Waals surface area (Å²) in [6.07, 6.45) is 4.44. The molecule has 134 valence electrons. The van der Waals surface area contributed by atoms with Crippen LogP contribution in [-0.2, 0) is 4.79 Å². The van der Waals surface area contributed by atoms with Gasteiger partial charge in [0.15, 0.2) is 5.78 Å². The third-order valence-corrected chi connectivity index (χ3v) is 6.93. The number of hydrogen-bond acceptors (Lipinski definition) is 3. The number of benzene rings is 1. The zero-order valence-corrected chi connectivity index (χ0v) is 15.8. The van der Waals surface area contributed by atoms with E-state index in [1.807, 2.05) is 32.9 Å². The van der Waals surface area contributed by atoms with Gasteiger partial charge in [0.2, 0.25) is 0 Å². The summed E-state index contributed by atoms with van der Waals surface area (Å²) in [4.78, 5) is 12.6. The van der Waals surface area contributed by atoms with E-state index >= 15 is 0 Å². The maximum absolute atomic E-state index is 12.6. The molecule has 1 N–H and O–H groups in total. The Bertz CT molecular complexity index is 789. The molecule has 5 atom stereocenters. The molecule has 0 unspecified atom stereocenters. The molecular weight excluding hydrogens is 312 g/mol. The number of rotatable bonds is 3. The van der Waals surface area contributed by atoms with E-state index in [0.29, 0.717) is 24.0 Å². The van der Waals surface area contributed by atoms with E-state index in [1.54, 1.807) is 6.08 Å². The SMILES string of the molecule is CC(C)=CC(=O)C[C@]1(C)[C@@H]2CC[C@]3(C)Oc4cc(C)cc(O)c4[C@H]1[C@H]23. The molecule has 0 bridgehead atoms. The van der Waals surface area contributed by atoms with Crippen molar-refractivity contribution in [3.8, 4) is 11.5 Å². The molecule has 25 heavy (non-hydrogen) atoms. The highest BCUT2D eigenvalue weighted by molar-refractivity contribution is 5.91. The van der Waals surface area contributed by atoms with E-state index in [2.05, 4.69) is 13.8 Å². The predicted octanol–water partition coefficient (Wildman–Crippen LogP) is 4.91. The van der Waals surface area contributed by atoms with Crippen molar-refractivity contribution in [3.63, 3.8) is 0 Å². The molecule has 0 radical (unpaired) electrons. The Morgan fingerprint density at radius 1 is 1.36 bits per heavy atom. The van der Waals surface area contributed by atoms with Gasteiger partial charge >= 0.3 is 0 Å².